The molecule has 0 saturated heterocycles. The molecule has 0 aliphatic rings. The summed E-state index contributed by atoms with van der Waals surface area (Å²) in [6.07, 6.45) is 0. The zero-order valence-electron chi connectivity index (χ0n) is 8.37. The van der Waals surface area contributed by atoms with Gasteiger partial charge in [-0.05, 0) is 23.8 Å². The van der Waals surface area contributed by atoms with E-state index >= 15 is 0 Å². The first-order valence-electron chi connectivity index (χ1n) is 4.44. The Kier molecular flexibility index (Phi) is 3.48. The molecule has 2 nitrogen and oxygen atoms in total. The van der Waals surface area contributed by atoms with Crippen LogP contribution < -0.4 is 5.73 Å². The van der Waals surface area contributed by atoms with Crippen LogP contribution >= 0.6 is 11.3 Å². The molecule has 0 radical (unpaired) electrons. The van der Waals surface area contributed by atoms with Gasteiger partial charge in [-0.15, -0.1) is 0 Å². The summed E-state index contributed by atoms with van der Waals surface area (Å²) in [5.74, 6) is 1.24. The number of rotatable bonds is 3. The van der Waals surface area contributed by atoms with Gasteiger partial charge in [-0.1, -0.05) is 13.8 Å². The molecule has 0 saturated carbocycles. The lowest BCUT2D eigenvalue weighted by Gasteiger charge is -2.02. The molecule has 0 bridgehead atoms. The number of nitrogens with two attached hydrogens (primary N) is 1. The molecule has 13 heavy (non-hydrogen) atoms. The normalized spacial score (nSPS) is 12.5. The molecule has 72 valence electrons. The van der Waals surface area contributed by atoms with Gasteiger partial charge in [0, 0.05) is 17.5 Å². The van der Waals surface area contributed by atoms with E-state index in [-0.39, 0.29) is 0 Å². The highest BCUT2D eigenvalue weighted by atomic mass is 32.1. The molecule has 0 unspecified atom stereocenters. The summed E-state index contributed by atoms with van der Waals surface area (Å²) in [4.78, 5) is 4.33. The van der Waals surface area contributed by atoms with Crippen molar-refractivity contribution < 1.29 is 0 Å². The highest BCUT2D eigenvalue weighted by molar-refractivity contribution is 7.08. The molecular formula is C10H16N2S. The number of thiophene rings is 1. The minimum Gasteiger partial charge on any atom is -0.383 e. The zero-order valence-corrected chi connectivity index (χ0v) is 9.19. The van der Waals surface area contributed by atoms with E-state index in [1.807, 2.05) is 0 Å². The van der Waals surface area contributed by atoms with Crippen molar-refractivity contribution in [3.05, 3.63) is 21.9 Å². The molecule has 0 aliphatic carbocycles. The van der Waals surface area contributed by atoms with E-state index in [9.17, 15) is 0 Å². The minimum absolute atomic E-state index is 0.567. The lowest BCUT2D eigenvalue weighted by molar-refractivity contribution is 0.665. The Hall–Kier alpha value is -0.830. The van der Waals surface area contributed by atoms with Crippen LogP contribution in [-0.4, -0.2) is 12.4 Å². The number of aliphatic imine (C=N–C) groups is 1. The zero-order chi connectivity index (χ0) is 9.84. The largest absolute Gasteiger partial charge is 0.383 e. The molecule has 2 N–H and O–H groups in total. The van der Waals surface area contributed by atoms with E-state index in [2.05, 4.69) is 36.5 Å². The van der Waals surface area contributed by atoms with E-state index in [0.29, 0.717) is 11.8 Å². The van der Waals surface area contributed by atoms with Gasteiger partial charge < -0.3 is 5.73 Å². The van der Waals surface area contributed by atoms with Crippen molar-refractivity contribution in [2.45, 2.75) is 20.8 Å². The van der Waals surface area contributed by atoms with Gasteiger partial charge in [0.15, 0.2) is 0 Å². The van der Waals surface area contributed by atoms with E-state index in [1.165, 1.54) is 5.56 Å². The SMILES string of the molecule is Cc1cscc1C(N)=NCC(C)C. The Morgan fingerprint density at radius 1 is 1.54 bits per heavy atom. The number of hydrogen-bond donors (Lipinski definition) is 1. The van der Waals surface area contributed by atoms with Crippen LogP contribution in [0.3, 0.4) is 0 Å². The number of aryl methyl sites for hydroxylation is 1. The average molecular weight is 196 g/mol. The van der Waals surface area contributed by atoms with E-state index in [0.717, 1.165) is 12.1 Å². The quantitative estimate of drug-likeness (QED) is 0.585. The van der Waals surface area contributed by atoms with Crippen molar-refractivity contribution in [3.8, 4) is 0 Å². The first kappa shape index (κ1) is 10.3. The van der Waals surface area contributed by atoms with Gasteiger partial charge in [0.1, 0.15) is 5.84 Å². The van der Waals surface area contributed by atoms with Gasteiger partial charge in [-0.3, -0.25) is 4.99 Å². The van der Waals surface area contributed by atoms with Crippen LogP contribution in [0.25, 0.3) is 0 Å². The second-order valence-electron chi connectivity index (χ2n) is 3.59. The minimum atomic E-state index is 0.567. The van der Waals surface area contributed by atoms with Crippen molar-refractivity contribution >= 4 is 17.2 Å². The monoisotopic (exact) mass is 196 g/mol. The maximum atomic E-state index is 5.85. The maximum Gasteiger partial charge on any atom is 0.126 e. The molecule has 0 amide bonds. The molecule has 0 aliphatic heterocycles. The lowest BCUT2D eigenvalue weighted by atomic mass is 10.2. The molecule has 3 heteroatoms. The first-order chi connectivity index (χ1) is 6.11. The maximum absolute atomic E-state index is 5.85. The number of nitrogens with zero attached hydrogens (tertiary/aromatic N) is 1. The summed E-state index contributed by atoms with van der Waals surface area (Å²) < 4.78 is 0. The van der Waals surface area contributed by atoms with Crippen molar-refractivity contribution in [1.29, 1.82) is 0 Å². The standard InChI is InChI=1S/C10H16N2S/c1-7(2)4-12-10(11)9-6-13-5-8(9)3/h5-7H,4H2,1-3H3,(H2,11,12). The summed E-state index contributed by atoms with van der Waals surface area (Å²) in [6.45, 7) is 7.14. The van der Waals surface area contributed by atoms with Crippen LogP contribution in [0.2, 0.25) is 0 Å². The van der Waals surface area contributed by atoms with Gasteiger partial charge >= 0.3 is 0 Å². The van der Waals surface area contributed by atoms with Crippen LogP contribution in [0.15, 0.2) is 15.8 Å². The molecule has 1 aromatic heterocycles. The Balaban J connectivity index is 2.73. The first-order valence-corrected chi connectivity index (χ1v) is 5.38. The van der Waals surface area contributed by atoms with Crippen LogP contribution in [-0.2, 0) is 0 Å². The Labute approximate surface area is 83.5 Å². The van der Waals surface area contributed by atoms with Gasteiger partial charge in [0.25, 0.3) is 0 Å². The topological polar surface area (TPSA) is 38.4 Å². The fourth-order valence-electron chi connectivity index (χ4n) is 0.989. The highest BCUT2D eigenvalue weighted by Crippen LogP contribution is 2.13. The Bertz CT molecular complexity index is 300. The molecule has 1 aromatic rings. The molecule has 1 heterocycles. The second-order valence-corrected chi connectivity index (χ2v) is 4.33. The predicted octanol–water partition coefficient (Wildman–Crippen LogP) is 2.42. The van der Waals surface area contributed by atoms with Crippen LogP contribution in [0.5, 0.6) is 0 Å². The number of hydrogen-bond acceptors (Lipinski definition) is 2. The van der Waals surface area contributed by atoms with Gasteiger partial charge in [0.2, 0.25) is 0 Å². The predicted molar refractivity (Wildman–Crippen MR) is 59.5 cm³/mol. The van der Waals surface area contributed by atoms with Gasteiger partial charge in [0.05, 0.1) is 0 Å². The third-order valence-electron chi connectivity index (χ3n) is 1.76. The second kappa shape index (κ2) is 4.42. The van der Waals surface area contributed by atoms with Crippen molar-refractivity contribution in [3.63, 3.8) is 0 Å². The van der Waals surface area contributed by atoms with E-state index in [4.69, 9.17) is 5.73 Å². The summed E-state index contributed by atoms with van der Waals surface area (Å²) in [5, 5.41) is 4.14. The average Bonchev–Trinajstić information content (AvgIpc) is 2.47. The van der Waals surface area contributed by atoms with Crippen LogP contribution in [0.4, 0.5) is 0 Å². The van der Waals surface area contributed by atoms with Gasteiger partial charge in [-0.2, -0.15) is 11.3 Å². The third-order valence-corrected chi connectivity index (χ3v) is 2.62. The Morgan fingerprint density at radius 2 is 2.23 bits per heavy atom. The molecule has 0 aromatic carbocycles. The van der Waals surface area contributed by atoms with Gasteiger partial charge in [-0.25, -0.2) is 0 Å². The molecule has 0 fully saturated rings. The summed E-state index contributed by atoms with van der Waals surface area (Å²) in [6, 6.07) is 0. The van der Waals surface area contributed by atoms with Crippen molar-refractivity contribution in [1.82, 2.24) is 0 Å². The van der Waals surface area contributed by atoms with Crippen LogP contribution in [0, 0.1) is 12.8 Å². The summed E-state index contributed by atoms with van der Waals surface area (Å²) >= 11 is 1.67. The summed E-state index contributed by atoms with van der Waals surface area (Å²) in [5.41, 5.74) is 8.15. The molecular weight excluding hydrogens is 180 g/mol. The Morgan fingerprint density at radius 3 is 2.69 bits per heavy atom. The lowest BCUT2D eigenvalue weighted by Crippen LogP contribution is -2.15. The number of amidine groups is 1. The molecule has 1 rings (SSSR count). The summed E-state index contributed by atoms with van der Waals surface area (Å²) in [7, 11) is 0. The van der Waals surface area contributed by atoms with Crippen molar-refractivity contribution in [2.75, 3.05) is 6.54 Å². The fourth-order valence-corrected chi connectivity index (χ4v) is 1.83. The molecule has 0 atom stereocenters. The fraction of sp³-hybridized carbons (Fsp3) is 0.500. The third kappa shape index (κ3) is 2.84. The van der Waals surface area contributed by atoms with E-state index in [1.54, 1.807) is 11.3 Å². The smallest absolute Gasteiger partial charge is 0.126 e. The molecule has 0 spiro atoms. The van der Waals surface area contributed by atoms with Crippen LogP contribution in [0.1, 0.15) is 25.0 Å². The highest BCUT2D eigenvalue weighted by Gasteiger charge is 2.03. The van der Waals surface area contributed by atoms with E-state index < -0.39 is 0 Å². The van der Waals surface area contributed by atoms with Crippen molar-refractivity contribution in [2.24, 2.45) is 16.6 Å².